The van der Waals surface area contributed by atoms with E-state index >= 15 is 0 Å². The molecule has 0 spiro atoms. The molecule has 2 rings (SSSR count). The molecular formula is C13H19N5. The van der Waals surface area contributed by atoms with E-state index in [0.717, 1.165) is 25.0 Å². The van der Waals surface area contributed by atoms with E-state index in [2.05, 4.69) is 40.0 Å². The van der Waals surface area contributed by atoms with Crippen LogP contribution in [-0.2, 0) is 13.5 Å². The molecule has 3 N–H and O–H groups in total. The van der Waals surface area contributed by atoms with Gasteiger partial charge in [0, 0.05) is 7.05 Å². The van der Waals surface area contributed by atoms with Gasteiger partial charge in [0.1, 0.15) is 0 Å². The van der Waals surface area contributed by atoms with Crippen LogP contribution < -0.4 is 11.3 Å². The molecule has 5 heteroatoms. The molecule has 0 radical (unpaired) electrons. The van der Waals surface area contributed by atoms with E-state index in [9.17, 15) is 0 Å². The predicted molar refractivity (Wildman–Crippen MR) is 70.4 cm³/mol. The zero-order valence-electron chi connectivity index (χ0n) is 10.6. The molecule has 0 aliphatic heterocycles. The standard InChI is InChI=1S/C13H19N5/c1-18-13(10-15-17-18)12(16-14)9-5-8-11-6-3-2-4-7-11/h2-4,6-7,10,12,16H,5,8-9,14H2,1H3. The summed E-state index contributed by atoms with van der Waals surface area (Å²) in [6.07, 6.45) is 4.86. The molecular weight excluding hydrogens is 226 g/mol. The monoisotopic (exact) mass is 245 g/mol. The molecule has 1 aromatic carbocycles. The van der Waals surface area contributed by atoms with Crippen molar-refractivity contribution >= 4 is 0 Å². The van der Waals surface area contributed by atoms with Gasteiger partial charge in [0.15, 0.2) is 0 Å². The third-order valence-corrected chi connectivity index (χ3v) is 3.11. The van der Waals surface area contributed by atoms with Crippen molar-refractivity contribution in [3.63, 3.8) is 0 Å². The van der Waals surface area contributed by atoms with Gasteiger partial charge in [-0.1, -0.05) is 35.5 Å². The van der Waals surface area contributed by atoms with Gasteiger partial charge in [-0.3, -0.25) is 16.0 Å². The first-order valence-electron chi connectivity index (χ1n) is 6.16. The molecule has 2 aromatic rings. The lowest BCUT2D eigenvalue weighted by Crippen LogP contribution is -2.29. The molecule has 18 heavy (non-hydrogen) atoms. The Bertz CT molecular complexity index is 465. The van der Waals surface area contributed by atoms with Crippen molar-refractivity contribution in [2.75, 3.05) is 0 Å². The number of nitrogens with one attached hydrogen (secondary N) is 1. The van der Waals surface area contributed by atoms with Crippen molar-refractivity contribution in [2.45, 2.75) is 25.3 Å². The van der Waals surface area contributed by atoms with Gasteiger partial charge in [-0.25, -0.2) is 0 Å². The van der Waals surface area contributed by atoms with Crippen LogP contribution in [0, 0.1) is 0 Å². The number of aromatic nitrogens is 3. The van der Waals surface area contributed by atoms with Crippen LogP contribution in [0.1, 0.15) is 30.1 Å². The number of rotatable bonds is 6. The predicted octanol–water partition coefficient (Wildman–Crippen LogP) is 1.34. The summed E-state index contributed by atoms with van der Waals surface area (Å²) in [6.45, 7) is 0. The maximum atomic E-state index is 5.59. The van der Waals surface area contributed by atoms with Crippen LogP contribution in [0.4, 0.5) is 0 Å². The quantitative estimate of drug-likeness (QED) is 0.595. The number of hydrogen-bond donors (Lipinski definition) is 2. The van der Waals surface area contributed by atoms with Gasteiger partial charge in [-0.05, 0) is 24.8 Å². The topological polar surface area (TPSA) is 68.8 Å². The number of hydrogen-bond acceptors (Lipinski definition) is 4. The van der Waals surface area contributed by atoms with Gasteiger partial charge in [0.2, 0.25) is 0 Å². The minimum atomic E-state index is 0.105. The van der Waals surface area contributed by atoms with E-state index in [0.29, 0.717) is 0 Å². The minimum Gasteiger partial charge on any atom is -0.271 e. The van der Waals surface area contributed by atoms with Gasteiger partial charge >= 0.3 is 0 Å². The van der Waals surface area contributed by atoms with Crippen molar-refractivity contribution in [1.29, 1.82) is 0 Å². The van der Waals surface area contributed by atoms with Crippen molar-refractivity contribution in [3.05, 3.63) is 47.8 Å². The van der Waals surface area contributed by atoms with Crippen LogP contribution in [0.5, 0.6) is 0 Å². The highest BCUT2D eigenvalue weighted by atomic mass is 15.4. The number of nitrogens with zero attached hydrogens (tertiary/aromatic N) is 3. The SMILES string of the molecule is Cn1nncc1C(CCCc1ccccc1)NN. The second kappa shape index (κ2) is 6.28. The van der Waals surface area contributed by atoms with Crippen LogP contribution in [0.15, 0.2) is 36.5 Å². The molecule has 0 fully saturated rings. The molecule has 0 amide bonds. The molecule has 0 bridgehead atoms. The Morgan fingerprint density at radius 1 is 1.33 bits per heavy atom. The zero-order chi connectivity index (χ0) is 12.8. The number of aryl methyl sites for hydroxylation is 2. The maximum Gasteiger partial charge on any atom is 0.0766 e. The molecule has 0 saturated carbocycles. The molecule has 1 unspecified atom stereocenters. The highest BCUT2D eigenvalue weighted by Crippen LogP contribution is 2.17. The Labute approximate surface area is 107 Å². The van der Waals surface area contributed by atoms with Crippen LogP contribution in [0.3, 0.4) is 0 Å². The lowest BCUT2D eigenvalue weighted by atomic mass is 10.0. The van der Waals surface area contributed by atoms with E-state index in [1.165, 1.54) is 5.56 Å². The average molecular weight is 245 g/mol. The smallest absolute Gasteiger partial charge is 0.0766 e. The molecule has 1 aromatic heterocycles. The van der Waals surface area contributed by atoms with Crippen LogP contribution in [0.25, 0.3) is 0 Å². The summed E-state index contributed by atoms with van der Waals surface area (Å²) in [4.78, 5) is 0. The Morgan fingerprint density at radius 3 is 2.72 bits per heavy atom. The summed E-state index contributed by atoms with van der Waals surface area (Å²) < 4.78 is 1.76. The molecule has 0 aliphatic rings. The summed E-state index contributed by atoms with van der Waals surface area (Å²) in [6, 6.07) is 10.6. The normalized spacial score (nSPS) is 12.6. The highest BCUT2D eigenvalue weighted by molar-refractivity contribution is 5.14. The number of hydrazine groups is 1. The van der Waals surface area contributed by atoms with Crippen molar-refractivity contribution < 1.29 is 0 Å². The van der Waals surface area contributed by atoms with Crippen molar-refractivity contribution in [2.24, 2.45) is 12.9 Å². The van der Waals surface area contributed by atoms with Crippen LogP contribution in [0.2, 0.25) is 0 Å². The first-order chi connectivity index (χ1) is 8.81. The largest absolute Gasteiger partial charge is 0.271 e. The number of nitrogens with two attached hydrogens (primary N) is 1. The Balaban J connectivity index is 1.87. The Morgan fingerprint density at radius 2 is 2.11 bits per heavy atom. The van der Waals surface area contributed by atoms with E-state index in [1.54, 1.807) is 10.9 Å². The fourth-order valence-electron chi connectivity index (χ4n) is 2.08. The molecule has 0 aliphatic carbocycles. The molecule has 0 saturated heterocycles. The minimum absolute atomic E-state index is 0.105. The number of benzene rings is 1. The molecule has 1 atom stereocenters. The fourth-order valence-corrected chi connectivity index (χ4v) is 2.08. The van der Waals surface area contributed by atoms with Gasteiger partial charge in [0.05, 0.1) is 17.9 Å². The third kappa shape index (κ3) is 3.15. The van der Waals surface area contributed by atoms with E-state index in [4.69, 9.17) is 5.84 Å². The third-order valence-electron chi connectivity index (χ3n) is 3.11. The maximum absolute atomic E-state index is 5.59. The molecule has 1 heterocycles. The van der Waals surface area contributed by atoms with E-state index in [1.807, 2.05) is 13.1 Å². The lowest BCUT2D eigenvalue weighted by Gasteiger charge is -2.15. The zero-order valence-corrected chi connectivity index (χ0v) is 10.6. The molecule has 96 valence electrons. The van der Waals surface area contributed by atoms with Crippen molar-refractivity contribution in [1.82, 2.24) is 20.4 Å². The van der Waals surface area contributed by atoms with Crippen LogP contribution in [-0.4, -0.2) is 15.0 Å². The first kappa shape index (κ1) is 12.7. The second-order valence-electron chi connectivity index (χ2n) is 4.38. The Hall–Kier alpha value is -1.72. The van der Waals surface area contributed by atoms with Crippen LogP contribution >= 0.6 is 0 Å². The fraction of sp³-hybridized carbons (Fsp3) is 0.385. The van der Waals surface area contributed by atoms with E-state index < -0.39 is 0 Å². The van der Waals surface area contributed by atoms with Crippen molar-refractivity contribution in [3.8, 4) is 0 Å². The highest BCUT2D eigenvalue weighted by Gasteiger charge is 2.13. The summed E-state index contributed by atoms with van der Waals surface area (Å²) in [7, 11) is 1.88. The summed E-state index contributed by atoms with van der Waals surface area (Å²) in [5.74, 6) is 5.59. The summed E-state index contributed by atoms with van der Waals surface area (Å²) in [5, 5.41) is 7.80. The second-order valence-corrected chi connectivity index (χ2v) is 4.38. The van der Waals surface area contributed by atoms with Gasteiger partial charge in [0.25, 0.3) is 0 Å². The molecule has 5 nitrogen and oxygen atoms in total. The van der Waals surface area contributed by atoms with E-state index in [-0.39, 0.29) is 6.04 Å². The van der Waals surface area contributed by atoms with Gasteiger partial charge < -0.3 is 0 Å². The first-order valence-corrected chi connectivity index (χ1v) is 6.16. The average Bonchev–Trinajstić information content (AvgIpc) is 2.82. The lowest BCUT2D eigenvalue weighted by molar-refractivity contribution is 0.466. The summed E-state index contributed by atoms with van der Waals surface area (Å²) in [5.41, 5.74) is 5.21. The summed E-state index contributed by atoms with van der Waals surface area (Å²) >= 11 is 0. The Kier molecular flexibility index (Phi) is 4.44. The van der Waals surface area contributed by atoms with Gasteiger partial charge in [-0.2, -0.15) is 0 Å². The van der Waals surface area contributed by atoms with Gasteiger partial charge in [-0.15, -0.1) is 5.10 Å².